The maximum atomic E-state index is 13.2. The molecule has 1 saturated heterocycles. The lowest BCUT2D eigenvalue weighted by Gasteiger charge is -2.25. The van der Waals surface area contributed by atoms with Crippen LogP contribution in [0.2, 0.25) is 0 Å². The first-order valence-electron chi connectivity index (χ1n) is 12.5. The number of hydrogen-bond acceptors (Lipinski definition) is 5. The molecule has 0 aromatic heterocycles. The van der Waals surface area contributed by atoms with Crippen molar-refractivity contribution in [1.29, 1.82) is 0 Å². The topological polar surface area (TPSA) is 76.1 Å². The number of amides is 1. The second kappa shape index (κ2) is 11.9. The summed E-state index contributed by atoms with van der Waals surface area (Å²) < 4.78 is 11.4. The zero-order valence-electron chi connectivity index (χ0n) is 21.5. The van der Waals surface area contributed by atoms with Gasteiger partial charge in [-0.3, -0.25) is 9.59 Å². The molecule has 0 aliphatic carbocycles. The summed E-state index contributed by atoms with van der Waals surface area (Å²) in [5.74, 6) is 0.440. The Bertz CT molecular complexity index is 1070. The van der Waals surface area contributed by atoms with Crippen LogP contribution in [0.5, 0.6) is 11.5 Å². The second-order valence-electron chi connectivity index (χ2n) is 9.39. The molecule has 35 heavy (non-hydrogen) atoms. The van der Waals surface area contributed by atoms with E-state index < -0.39 is 17.7 Å². The molecule has 0 saturated carbocycles. The highest BCUT2D eigenvalue weighted by molar-refractivity contribution is 6.46. The number of likely N-dealkylation sites (tertiary alicyclic amines) is 1. The van der Waals surface area contributed by atoms with Gasteiger partial charge in [-0.15, -0.1) is 0 Å². The van der Waals surface area contributed by atoms with Crippen molar-refractivity contribution in [3.63, 3.8) is 0 Å². The molecule has 1 atom stereocenters. The number of unbranched alkanes of at least 4 members (excludes halogenated alkanes) is 2. The number of carbonyl (C=O) groups is 2. The highest BCUT2D eigenvalue weighted by atomic mass is 16.5. The lowest BCUT2D eigenvalue weighted by molar-refractivity contribution is -0.139. The van der Waals surface area contributed by atoms with Gasteiger partial charge in [0.2, 0.25) is 0 Å². The fourth-order valence-electron chi connectivity index (χ4n) is 4.27. The summed E-state index contributed by atoms with van der Waals surface area (Å²) >= 11 is 0. The van der Waals surface area contributed by atoms with E-state index in [1.807, 2.05) is 38.1 Å². The Hall–Kier alpha value is -3.28. The monoisotopic (exact) mass is 479 g/mol. The summed E-state index contributed by atoms with van der Waals surface area (Å²) in [4.78, 5) is 27.8. The normalized spacial score (nSPS) is 17.3. The number of aryl methyl sites for hydroxylation is 1. The van der Waals surface area contributed by atoms with Crippen molar-refractivity contribution < 1.29 is 24.2 Å². The molecular formula is C29H37NO5. The van der Waals surface area contributed by atoms with Gasteiger partial charge < -0.3 is 19.5 Å². The third-order valence-corrected chi connectivity index (χ3v) is 6.07. The van der Waals surface area contributed by atoms with Crippen molar-refractivity contribution >= 4 is 17.4 Å². The molecule has 1 amide bonds. The van der Waals surface area contributed by atoms with Crippen molar-refractivity contribution in [3.8, 4) is 11.5 Å². The minimum Gasteiger partial charge on any atom is -0.507 e. The Morgan fingerprint density at radius 3 is 2.34 bits per heavy atom. The van der Waals surface area contributed by atoms with Crippen LogP contribution < -0.4 is 9.47 Å². The number of ketones is 1. The molecule has 1 heterocycles. The fourth-order valence-corrected chi connectivity index (χ4v) is 4.27. The van der Waals surface area contributed by atoms with Crippen molar-refractivity contribution in [1.82, 2.24) is 4.90 Å². The van der Waals surface area contributed by atoms with Gasteiger partial charge in [-0.2, -0.15) is 0 Å². The van der Waals surface area contributed by atoms with Crippen molar-refractivity contribution in [2.75, 3.05) is 19.8 Å². The minimum absolute atomic E-state index is 0.117. The molecule has 2 aromatic rings. The molecule has 1 fully saturated rings. The molecular weight excluding hydrogens is 442 g/mol. The quantitative estimate of drug-likeness (QED) is 0.184. The van der Waals surface area contributed by atoms with Crippen molar-refractivity contribution in [2.45, 2.75) is 59.9 Å². The molecule has 1 aliphatic heterocycles. The van der Waals surface area contributed by atoms with E-state index in [2.05, 4.69) is 20.8 Å². The maximum absolute atomic E-state index is 13.2. The van der Waals surface area contributed by atoms with E-state index in [4.69, 9.17) is 9.47 Å². The second-order valence-corrected chi connectivity index (χ2v) is 9.39. The number of Topliss-reactive ketones (excluding diaryl/α,β-unsaturated/α-hetero) is 1. The molecule has 0 bridgehead atoms. The predicted molar refractivity (Wildman–Crippen MR) is 138 cm³/mol. The lowest BCUT2D eigenvalue weighted by Crippen LogP contribution is -2.30. The van der Waals surface area contributed by atoms with Gasteiger partial charge in [-0.05, 0) is 67.6 Å². The molecule has 0 spiro atoms. The van der Waals surface area contributed by atoms with Crippen LogP contribution in [0.25, 0.3) is 5.76 Å². The number of aliphatic hydroxyl groups excluding tert-OH is 1. The molecule has 6 heteroatoms. The highest BCUT2D eigenvalue weighted by Crippen LogP contribution is 2.40. The van der Waals surface area contributed by atoms with Gasteiger partial charge in [0.05, 0.1) is 24.8 Å². The van der Waals surface area contributed by atoms with Gasteiger partial charge in [0, 0.05) is 12.1 Å². The van der Waals surface area contributed by atoms with Gasteiger partial charge in [0.15, 0.2) is 0 Å². The summed E-state index contributed by atoms with van der Waals surface area (Å²) in [6.07, 6.45) is 2.75. The van der Waals surface area contributed by atoms with Crippen LogP contribution in [0.15, 0.2) is 48.0 Å². The Labute approximate surface area is 208 Å². The van der Waals surface area contributed by atoms with Gasteiger partial charge >= 0.3 is 0 Å². The standard InChI is InChI=1S/C29H37NO5/c1-6-8-9-16-30-26(21-10-13-23(14-11-21)34-7-2)25(28(32)29(30)33)27(31)22-12-15-24(20(5)17-22)35-18-19(3)4/h10-15,17,19,26,31H,6-9,16,18H2,1-5H3/b27-25-. The van der Waals surface area contributed by atoms with Crippen LogP contribution in [0.4, 0.5) is 0 Å². The number of ether oxygens (including phenoxy) is 2. The molecule has 3 rings (SSSR count). The first-order chi connectivity index (χ1) is 16.8. The molecule has 1 aliphatic rings. The average Bonchev–Trinajstić information content (AvgIpc) is 3.08. The van der Waals surface area contributed by atoms with Crippen LogP contribution in [-0.2, 0) is 9.59 Å². The molecule has 1 N–H and O–H groups in total. The van der Waals surface area contributed by atoms with Gasteiger partial charge in [0.1, 0.15) is 17.3 Å². The fraction of sp³-hybridized carbons (Fsp3) is 0.448. The van der Waals surface area contributed by atoms with Crippen LogP contribution in [0, 0.1) is 12.8 Å². The van der Waals surface area contributed by atoms with E-state index in [1.54, 1.807) is 23.1 Å². The van der Waals surface area contributed by atoms with Crippen molar-refractivity contribution in [3.05, 3.63) is 64.7 Å². The number of benzene rings is 2. The minimum atomic E-state index is -0.657. The number of carbonyl (C=O) groups excluding carboxylic acids is 2. The number of nitrogens with zero attached hydrogens (tertiary/aromatic N) is 1. The zero-order chi connectivity index (χ0) is 25.5. The van der Waals surface area contributed by atoms with E-state index in [0.717, 1.165) is 36.1 Å². The number of aliphatic hydroxyl groups is 1. The smallest absolute Gasteiger partial charge is 0.295 e. The van der Waals surface area contributed by atoms with Crippen LogP contribution >= 0.6 is 0 Å². The first-order valence-corrected chi connectivity index (χ1v) is 12.5. The average molecular weight is 480 g/mol. The van der Waals surface area contributed by atoms with Crippen molar-refractivity contribution in [2.24, 2.45) is 5.92 Å². The van der Waals surface area contributed by atoms with Crippen LogP contribution in [0.1, 0.15) is 69.7 Å². The number of hydrogen-bond donors (Lipinski definition) is 1. The Balaban J connectivity index is 2.04. The highest BCUT2D eigenvalue weighted by Gasteiger charge is 2.45. The zero-order valence-corrected chi connectivity index (χ0v) is 21.5. The Kier molecular flexibility index (Phi) is 8.96. The van der Waals surface area contributed by atoms with E-state index in [-0.39, 0.29) is 11.3 Å². The van der Waals surface area contributed by atoms with E-state index >= 15 is 0 Å². The molecule has 188 valence electrons. The molecule has 1 unspecified atom stereocenters. The summed E-state index contributed by atoms with van der Waals surface area (Å²) in [6, 6.07) is 12.1. The molecule has 0 radical (unpaired) electrons. The SMILES string of the molecule is CCCCCN1C(=O)C(=O)/C(=C(\O)c2ccc(OCC(C)C)c(C)c2)C1c1ccc(OCC)cc1. The first kappa shape index (κ1) is 26.3. The third-order valence-electron chi connectivity index (χ3n) is 6.07. The Morgan fingerprint density at radius 2 is 1.74 bits per heavy atom. The van der Waals surface area contributed by atoms with Gasteiger partial charge in [-0.25, -0.2) is 0 Å². The lowest BCUT2D eigenvalue weighted by atomic mass is 9.94. The summed E-state index contributed by atoms with van der Waals surface area (Å²) in [7, 11) is 0. The van der Waals surface area contributed by atoms with Gasteiger partial charge in [-0.1, -0.05) is 45.7 Å². The summed E-state index contributed by atoms with van der Waals surface area (Å²) in [5.41, 5.74) is 2.22. The van der Waals surface area contributed by atoms with E-state index in [1.165, 1.54) is 0 Å². The summed E-state index contributed by atoms with van der Waals surface area (Å²) in [6.45, 7) is 11.7. The van der Waals surface area contributed by atoms with E-state index in [9.17, 15) is 14.7 Å². The van der Waals surface area contributed by atoms with Gasteiger partial charge in [0.25, 0.3) is 11.7 Å². The third kappa shape index (κ3) is 6.05. The predicted octanol–water partition coefficient (Wildman–Crippen LogP) is 6.04. The Morgan fingerprint density at radius 1 is 1.03 bits per heavy atom. The largest absolute Gasteiger partial charge is 0.507 e. The number of rotatable bonds is 11. The molecule has 6 nitrogen and oxygen atoms in total. The van der Waals surface area contributed by atoms with Crippen LogP contribution in [-0.4, -0.2) is 41.5 Å². The van der Waals surface area contributed by atoms with E-state index in [0.29, 0.717) is 37.0 Å². The maximum Gasteiger partial charge on any atom is 0.295 e. The summed E-state index contributed by atoms with van der Waals surface area (Å²) in [5, 5.41) is 11.3. The molecule has 2 aromatic carbocycles. The van der Waals surface area contributed by atoms with Crippen LogP contribution in [0.3, 0.4) is 0 Å².